The minimum atomic E-state index is -0.660. The van der Waals surface area contributed by atoms with Crippen LogP contribution in [0, 0.1) is 5.92 Å². The van der Waals surface area contributed by atoms with Crippen molar-refractivity contribution in [1.29, 1.82) is 0 Å². The molecule has 0 fully saturated rings. The Kier molecular flexibility index (Phi) is 15.8. The number of aliphatic hydroxyl groups excluding tert-OH is 1. The minimum Gasteiger partial charge on any atom is -0.466 e. The second-order valence-electron chi connectivity index (χ2n) is 11.4. The van der Waals surface area contributed by atoms with Crippen LogP contribution in [0.5, 0.6) is 0 Å². The molecule has 0 bridgehead atoms. The Morgan fingerprint density at radius 2 is 1.37 bits per heavy atom. The van der Waals surface area contributed by atoms with Gasteiger partial charge >= 0.3 is 18.2 Å². The Labute approximate surface area is 212 Å². The molecule has 0 unspecified atom stereocenters. The number of hydrogen-bond acceptors (Lipinski definition) is 8. The van der Waals surface area contributed by atoms with Gasteiger partial charge in [-0.3, -0.25) is 4.90 Å². The zero-order valence-corrected chi connectivity index (χ0v) is 24.1. The standard InChI is InChI=1S/C15H29NO4.C11H21NO3/c1-11(2)9-10-16(12(17)19-14(3,4)5)13(18)20-15(6,7)8;1-11(2,7-9-13)12(3)8-5-6-10(14)15-4/h11H,9-10H2,1-8H3;5-6,13H,7-9H2,1-4H3/b;6-5+. The monoisotopic (exact) mass is 502 g/mol. The van der Waals surface area contributed by atoms with Gasteiger partial charge in [0.05, 0.1) is 7.11 Å². The van der Waals surface area contributed by atoms with E-state index < -0.39 is 23.4 Å². The van der Waals surface area contributed by atoms with Crippen LogP contribution in [0.2, 0.25) is 0 Å². The number of hydrogen-bond donors (Lipinski definition) is 1. The van der Waals surface area contributed by atoms with E-state index in [1.54, 1.807) is 47.6 Å². The molecule has 0 aromatic heterocycles. The normalized spacial score (nSPS) is 12.3. The molecule has 0 spiro atoms. The molecule has 0 aliphatic heterocycles. The molecule has 0 aliphatic rings. The van der Waals surface area contributed by atoms with Crippen LogP contribution in [-0.2, 0) is 19.0 Å². The Morgan fingerprint density at radius 1 is 0.914 bits per heavy atom. The molecule has 0 aromatic carbocycles. The predicted octanol–water partition coefficient (Wildman–Crippen LogP) is 5.01. The minimum absolute atomic E-state index is 0.0742. The van der Waals surface area contributed by atoms with Crippen molar-refractivity contribution in [2.75, 3.05) is 33.9 Å². The van der Waals surface area contributed by atoms with E-state index in [0.717, 1.165) is 4.90 Å². The number of carbonyl (C=O) groups excluding carboxylic acids is 3. The molecule has 35 heavy (non-hydrogen) atoms. The molecule has 0 aromatic rings. The van der Waals surface area contributed by atoms with E-state index >= 15 is 0 Å². The molecular formula is C26H50N2O7. The van der Waals surface area contributed by atoms with Gasteiger partial charge in [-0.2, -0.15) is 0 Å². The quantitative estimate of drug-likeness (QED) is 0.266. The molecule has 0 atom stereocenters. The lowest BCUT2D eigenvalue weighted by Gasteiger charge is -2.34. The van der Waals surface area contributed by atoms with Gasteiger partial charge in [-0.05, 0) is 81.2 Å². The van der Waals surface area contributed by atoms with Crippen molar-refractivity contribution >= 4 is 18.2 Å². The summed E-state index contributed by atoms with van der Waals surface area (Å²) in [5.74, 6) is 0.0331. The van der Waals surface area contributed by atoms with Crippen LogP contribution in [0.15, 0.2) is 12.2 Å². The van der Waals surface area contributed by atoms with Crippen molar-refractivity contribution in [3.05, 3.63) is 12.2 Å². The van der Waals surface area contributed by atoms with Crippen LogP contribution in [0.1, 0.15) is 82.1 Å². The van der Waals surface area contributed by atoms with Gasteiger partial charge in [-0.1, -0.05) is 19.9 Å². The predicted molar refractivity (Wildman–Crippen MR) is 138 cm³/mol. The summed E-state index contributed by atoms with van der Waals surface area (Å²) in [6.07, 6.45) is 3.25. The van der Waals surface area contributed by atoms with Crippen molar-refractivity contribution in [2.45, 2.75) is 98.8 Å². The summed E-state index contributed by atoms with van der Waals surface area (Å²) in [6, 6.07) is 0. The average molecular weight is 503 g/mol. The van der Waals surface area contributed by atoms with E-state index in [-0.39, 0.29) is 18.1 Å². The van der Waals surface area contributed by atoms with Gasteiger partial charge in [0.25, 0.3) is 0 Å². The number of ether oxygens (including phenoxy) is 3. The molecular weight excluding hydrogens is 452 g/mol. The number of likely N-dealkylation sites (N-methyl/N-ethyl adjacent to an activating group) is 1. The van der Waals surface area contributed by atoms with Gasteiger partial charge in [0.15, 0.2) is 0 Å². The van der Waals surface area contributed by atoms with Crippen molar-refractivity contribution in [2.24, 2.45) is 5.92 Å². The highest BCUT2D eigenvalue weighted by Gasteiger charge is 2.30. The summed E-state index contributed by atoms with van der Waals surface area (Å²) >= 11 is 0. The molecule has 206 valence electrons. The van der Waals surface area contributed by atoms with Crippen molar-refractivity contribution in [1.82, 2.24) is 9.80 Å². The zero-order chi connectivity index (χ0) is 28.0. The average Bonchev–Trinajstić information content (AvgIpc) is 2.65. The first-order valence-electron chi connectivity index (χ1n) is 12.1. The smallest absolute Gasteiger partial charge is 0.419 e. The molecule has 9 nitrogen and oxygen atoms in total. The number of esters is 1. The Bertz CT molecular complexity index is 646. The topological polar surface area (TPSA) is 106 Å². The number of methoxy groups -OCH3 is 1. The lowest BCUT2D eigenvalue weighted by molar-refractivity contribution is -0.134. The first-order valence-corrected chi connectivity index (χ1v) is 12.1. The lowest BCUT2D eigenvalue weighted by atomic mass is 9.99. The maximum Gasteiger partial charge on any atom is 0.419 e. The Balaban J connectivity index is 0. The summed E-state index contributed by atoms with van der Waals surface area (Å²) < 4.78 is 15.0. The Hall–Kier alpha value is -2.13. The third-order valence-electron chi connectivity index (χ3n) is 4.75. The van der Waals surface area contributed by atoms with Crippen LogP contribution >= 0.6 is 0 Å². The highest BCUT2D eigenvalue weighted by atomic mass is 16.6. The zero-order valence-electron chi connectivity index (χ0n) is 24.1. The summed E-state index contributed by atoms with van der Waals surface area (Å²) in [5, 5.41) is 8.88. The lowest BCUT2D eigenvalue weighted by Crippen LogP contribution is -2.44. The highest BCUT2D eigenvalue weighted by Crippen LogP contribution is 2.17. The van der Waals surface area contributed by atoms with Crippen LogP contribution < -0.4 is 0 Å². The van der Waals surface area contributed by atoms with E-state index in [2.05, 4.69) is 23.5 Å². The fraction of sp³-hybridized carbons (Fsp3) is 0.808. The fourth-order valence-electron chi connectivity index (χ4n) is 2.37. The van der Waals surface area contributed by atoms with Gasteiger partial charge in [0, 0.05) is 31.3 Å². The summed E-state index contributed by atoms with van der Waals surface area (Å²) in [7, 11) is 3.31. The van der Waals surface area contributed by atoms with Crippen LogP contribution in [0.4, 0.5) is 9.59 Å². The second-order valence-corrected chi connectivity index (χ2v) is 11.4. The van der Waals surface area contributed by atoms with Gasteiger partial charge in [-0.25, -0.2) is 19.3 Å². The van der Waals surface area contributed by atoms with Gasteiger partial charge in [0.2, 0.25) is 0 Å². The van der Waals surface area contributed by atoms with E-state index in [0.29, 0.717) is 31.8 Å². The first kappa shape index (κ1) is 35.0. The molecule has 0 heterocycles. The first-order chi connectivity index (χ1) is 15.8. The number of imide groups is 1. The van der Waals surface area contributed by atoms with Crippen molar-refractivity contribution in [3.8, 4) is 0 Å². The molecule has 0 aliphatic carbocycles. The van der Waals surface area contributed by atoms with Crippen LogP contribution in [0.3, 0.4) is 0 Å². The third-order valence-corrected chi connectivity index (χ3v) is 4.75. The molecule has 0 radical (unpaired) electrons. The largest absolute Gasteiger partial charge is 0.466 e. The van der Waals surface area contributed by atoms with Crippen LogP contribution in [-0.4, -0.2) is 83.7 Å². The van der Waals surface area contributed by atoms with E-state index in [1.165, 1.54) is 13.2 Å². The van der Waals surface area contributed by atoms with Gasteiger partial charge in [0.1, 0.15) is 11.2 Å². The fourth-order valence-corrected chi connectivity index (χ4v) is 2.37. The van der Waals surface area contributed by atoms with Gasteiger partial charge < -0.3 is 19.3 Å². The molecule has 0 saturated heterocycles. The van der Waals surface area contributed by atoms with E-state index in [4.69, 9.17) is 14.6 Å². The maximum absolute atomic E-state index is 12.1. The van der Waals surface area contributed by atoms with E-state index in [1.807, 2.05) is 20.9 Å². The number of aliphatic hydroxyl groups is 1. The van der Waals surface area contributed by atoms with Crippen LogP contribution in [0.25, 0.3) is 0 Å². The molecule has 1 N–H and O–H groups in total. The van der Waals surface area contributed by atoms with Crippen molar-refractivity contribution < 1.29 is 33.7 Å². The highest BCUT2D eigenvalue weighted by molar-refractivity contribution is 5.88. The number of nitrogens with zero attached hydrogens (tertiary/aromatic N) is 2. The summed E-state index contributed by atoms with van der Waals surface area (Å²) in [4.78, 5) is 38.1. The number of amides is 2. The van der Waals surface area contributed by atoms with Crippen molar-refractivity contribution in [3.63, 3.8) is 0 Å². The third kappa shape index (κ3) is 18.8. The SMILES string of the molecule is CC(C)CCN(C(=O)OC(C)(C)C)C(=O)OC(C)(C)C.COC(=O)/C=C/CN(C)C(C)(C)CCO. The van der Waals surface area contributed by atoms with E-state index in [9.17, 15) is 14.4 Å². The van der Waals surface area contributed by atoms with Gasteiger partial charge in [-0.15, -0.1) is 0 Å². The Morgan fingerprint density at radius 3 is 1.71 bits per heavy atom. The maximum atomic E-state index is 12.1. The summed E-state index contributed by atoms with van der Waals surface area (Å²) in [6.45, 7) is 19.9. The molecule has 0 saturated carbocycles. The molecule has 9 heteroatoms. The summed E-state index contributed by atoms with van der Waals surface area (Å²) in [5.41, 5.74) is -1.36. The number of rotatable bonds is 9. The number of carbonyl (C=O) groups is 3. The second kappa shape index (κ2) is 15.8. The molecule has 0 rings (SSSR count). The molecule has 2 amide bonds.